The van der Waals surface area contributed by atoms with E-state index in [1.165, 1.54) is 0 Å². The molecule has 0 aliphatic heterocycles. The van der Waals surface area contributed by atoms with Crippen molar-refractivity contribution in [2.24, 2.45) is 0 Å². The minimum atomic E-state index is -0.144. The summed E-state index contributed by atoms with van der Waals surface area (Å²) in [6.45, 7) is 1.75. The number of benzene rings is 1. The summed E-state index contributed by atoms with van der Waals surface area (Å²) in [5.41, 5.74) is 0.637. The lowest BCUT2D eigenvalue weighted by Gasteiger charge is -2.13. The second kappa shape index (κ2) is 6.80. The fourth-order valence-corrected chi connectivity index (χ4v) is 1.50. The Labute approximate surface area is 111 Å². The maximum atomic E-state index is 11.2. The van der Waals surface area contributed by atoms with Crippen molar-refractivity contribution in [1.29, 1.82) is 0 Å². The average molecular weight is 268 g/mol. The highest BCUT2D eigenvalue weighted by Gasteiger charge is 2.08. The first-order valence-electron chi connectivity index (χ1n) is 5.43. The van der Waals surface area contributed by atoms with Crippen molar-refractivity contribution in [3.05, 3.63) is 18.2 Å². The first-order chi connectivity index (χ1) is 8.60. The first kappa shape index (κ1) is 14.2. The third-order valence-corrected chi connectivity index (χ3v) is 2.43. The van der Waals surface area contributed by atoms with E-state index in [2.05, 4.69) is 10.6 Å². The second-order valence-corrected chi connectivity index (χ2v) is 3.83. The summed E-state index contributed by atoms with van der Waals surface area (Å²) in [5.74, 6) is 1.14. The molecule has 0 aromatic heterocycles. The lowest BCUT2D eigenvalue weighted by atomic mass is 10.2. The number of amides is 1. The van der Waals surface area contributed by atoms with Crippen LogP contribution in [0.15, 0.2) is 18.2 Å². The van der Waals surface area contributed by atoms with Crippen LogP contribution in [-0.2, 0) is 4.79 Å². The van der Waals surface area contributed by atoms with Crippen LogP contribution in [0.1, 0.15) is 13.3 Å². The molecule has 0 saturated heterocycles. The fourth-order valence-electron chi connectivity index (χ4n) is 1.28. The monoisotopic (exact) mass is 268 g/mol. The lowest BCUT2D eigenvalue weighted by molar-refractivity contribution is -0.119. The van der Waals surface area contributed by atoms with Crippen molar-refractivity contribution >= 4 is 28.9 Å². The number of nitrogens with one attached hydrogen (secondary N) is 2. The van der Waals surface area contributed by atoms with Crippen LogP contribution in [0.5, 0.6) is 11.5 Å². The van der Waals surface area contributed by atoms with Gasteiger partial charge < -0.3 is 20.1 Å². The Bertz CT molecular complexity index is 449. The van der Waals surface area contributed by atoms with Gasteiger partial charge in [0.2, 0.25) is 5.91 Å². The number of carbonyl (C=O) groups is 1. The van der Waals surface area contributed by atoms with Crippen LogP contribution in [0.2, 0.25) is 0 Å². The average Bonchev–Trinajstić information content (AvgIpc) is 2.38. The van der Waals surface area contributed by atoms with Gasteiger partial charge in [-0.15, -0.1) is 0 Å². The Hall–Kier alpha value is -1.82. The maximum absolute atomic E-state index is 11.2. The minimum Gasteiger partial charge on any atom is -0.497 e. The third-order valence-electron chi connectivity index (χ3n) is 2.23. The molecule has 2 N–H and O–H groups in total. The zero-order valence-electron chi connectivity index (χ0n) is 10.6. The summed E-state index contributed by atoms with van der Waals surface area (Å²) < 4.78 is 10.3. The van der Waals surface area contributed by atoms with E-state index in [1.807, 2.05) is 0 Å². The SMILES string of the molecule is CCC(=O)NC(=S)Nc1cc(OC)ccc1OC. The summed E-state index contributed by atoms with van der Waals surface area (Å²) in [4.78, 5) is 11.2. The molecule has 98 valence electrons. The molecule has 0 radical (unpaired) electrons. The molecule has 1 rings (SSSR count). The second-order valence-electron chi connectivity index (χ2n) is 3.42. The van der Waals surface area contributed by atoms with E-state index in [0.29, 0.717) is 23.6 Å². The van der Waals surface area contributed by atoms with Gasteiger partial charge in [-0.25, -0.2) is 0 Å². The molecular weight excluding hydrogens is 252 g/mol. The van der Waals surface area contributed by atoms with Crippen molar-refractivity contribution in [1.82, 2.24) is 5.32 Å². The van der Waals surface area contributed by atoms with Crippen LogP contribution in [0.3, 0.4) is 0 Å². The molecule has 0 fully saturated rings. The number of methoxy groups -OCH3 is 2. The summed E-state index contributed by atoms with van der Waals surface area (Å²) in [6, 6.07) is 5.27. The Balaban J connectivity index is 2.81. The fraction of sp³-hybridized carbons (Fsp3) is 0.333. The molecule has 1 aromatic carbocycles. The van der Waals surface area contributed by atoms with Crippen LogP contribution in [0.25, 0.3) is 0 Å². The van der Waals surface area contributed by atoms with E-state index < -0.39 is 0 Å². The summed E-state index contributed by atoms with van der Waals surface area (Å²) in [5, 5.41) is 5.68. The van der Waals surface area contributed by atoms with Crippen molar-refractivity contribution in [2.75, 3.05) is 19.5 Å². The molecule has 0 aliphatic carbocycles. The molecule has 0 heterocycles. The van der Waals surface area contributed by atoms with Gasteiger partial charge in [0.15, 0.2) is 5.11 Å². The van der Waals surface area contributed by atoms with E-state index in [9.17, 15) is 4.79 Å². The number of carbonyl (C=O) groups excluding carboxylic acids is 1. The Morgan fingerprint density at radius 2 is 2.06 bits per heavy atom. The zero-order valence-corrected chi connectivity index (χ0v) is 11.4. The summed E-state index contributed by atoms with van der Waals surface area (Å²) >= 11 is 5.03. The molecule has 18 heavy (non-hydrogen) atoms. The van der Waals surface area contributed by atoms with Crippen LogP contribution >= 0.6 is 12.2 Å². The van der Waals surface area contributed by atoms with Gasteiger partial charge in [-0.1, -0.05) is 6.92 Å². The Morgan fingerprint density at radius 3 is 2.61 bits per heavy atom. The van der Waals surface area contributed by atoms with Crippen LogP contribution in [-0.4, -0.2) is 25.2 Å². The molecular formula is C12H16N2O3S. The molecule has 0 aliphatic rings. The number of ether oxygens (including phenoxy) is 2. The number of thiocarbonyl (C=S) groups is 1. The summed E-state index contributed by atoms with van der Waals surface area (Å²) in [7, 11) is 3.13. The molecule has 0 atom stereocenters. The van der Waals surface area contributed by atoms with Gasteiger partial charge >= 0.3 is 0 Å². The van der Waals surface area contributed by atoms with Gasteiger partial charge in [-0.05, 0) is 24.4 Å². The van der Waals surface area contributed by atoms with Gasteiger partial charge in [0.25, 0.3) is 0 Å². The third kappa shape index (κ3) is 3.89. The largest absolute Gasteiger partial charge is 0.497 e. The van der Waals surface area contributed by atoms with Crippen LogP contribution < -0.4 is 20.1 Å². The van der Waals surface area contributed by atoms with Crippen LogP contribution in [0, 0.1) is 0 Å². The highest BCUT2D eigenvalue weighted by molar-refractivity contribution is 7.80. The number of hydrogen-bond donors (Lipinski definition) is 2. The number of hydrogen-bond acceptors (Lipinski definition) is 4. The zero-order chi connectivity index (χ0) is 13.5. The Morgan fingerprint density at radius 1 is 1.33 bits per heavy atom. The standard InChI is InChI=1S/C12H16N2O3S/c1-4-11(15)14-12(18)13-9-7-8(16-2)5-6-10(9)17-3/h5-7H,4H2,1-3H3,(H2,13,14,15,18). The smallest absolute Gasteiger partial charge is 0.225 e. The van der Waals surface area contributed by atoms with E-state index in [1.54, 1.807) is 39.3 Å². The van der Waals surface area contributed by atoms with Crippen molar-refractivity contribution in [3.8, 4) is 11.5 Å². The van der Waals surface area contributed by atoms with Gasteiger partial charge in [-0.3, -0.25) is 4.79 Å². The molecule has 0 bridgehead atoms. The number of rotatable bonds is 4. The Kier molecular flexibility index (Phi) is 5.38. The first-order valence-corrected chi connectivity index (χ1v) is 5.84. The van der Waals surface area contributed by atoms with E-state index in [0.717, 1.165) is 0 Å². The van der Waals surface area contributed by atoms with Gasteiger partial charge in [0, 0.05) is 12.5 Å². The maximum Gasteiger partial charge on any atom is 0.225 e. The van der Waals surface area contributed by atoms with Crippen molar-refractivity contribution < 1.29 is 14.3 Å². The van der Waals surface area contributed by atoms with E-state index in [4.69, 9.17) is 21.7 Å². The minimum absolute atomic E-state index is 0.144. The summed E-state index contributed by atoms with van der Waals surface area (Å²) in [6.07, 6.45) is 0.372. The van der Waals surface area contributed by atoms with Gasteiger partial charge in [0.1, 0.15) is 11.5 Å². The topological polar surface area (TPSA) is 59.6 Å². The normalized spacial score (nSPS) is 9.50. The molecule has 5 nitrogen and oxygen atoms in total. The molecule has 0 unspecified atom stereocenters. The number of anilines is 1. The van der Waals surface area contributed by atoms with Gasteiger partial charge in [0.05, 0.1) is 19.9 Å². The lowest BCUT2D eigenvalue weighted by Crippen LogP contribution is -2.33. The predicted molar refractivity (Wildman–Crippen MR) is 74.2 cm³/mol. The highest BCUT2D eigenvalue weighted by Crippen LogP contribution is 2.28. The van der Waals surface area contributed by atoms with E-state index >= 15 is 0 Å². The molecule has 0 saturated carbocycles. The molecule has 6 heteroatoms. The van der Waals surface area contributed by atoms with Crippen LogP contribution in [0.4, 0.5) is 5.69 Å². The molecule has 0 spiro atoms. The van der Waals surface area contributed by atoms with Gasteiger partial charge in [-0.2, -0.15) is 0 Å². The molecule has 1 amide bonds. The molecule has 1 aromatic rings. The van der Waals surface area contributed by atoms with E-state index in [-0.39, 0.29) is 11.0 Å². The predicted octanol–water partition coefficient (Wildman–Crippen LogP) is 1.93. The van der Waals surface area contributed by atoms with Crippen molar-refractivity contribution in [3.63, 3.8) is 0 Å². The van der Waals surface area contributed by atoms with Crippen molar-refractivity contribution in [2.45, 2.75) is 13.3 Å². The quantitative estimate of drug-likeness (QED) is 0.817. The highest BCUT2D eigenvalue weighted by atomic mass is 32.1.